The van der Waals surface area contributed by atoms with E-state index in [1.807, 2.05) is 73.7 Å². The summed E-state index contributed by atoms with van der Waals surface area (Å²) in [5.74, 6) is -2.81. The van der Waals surface area contributed by atoms with Gasteiger partial charge in [-0.15, -0.1) is 11.8 Å². The Morgan fingerprint density at radius 1 is 0.833 bits per heavy atom. The highest BCUT2D eigenvalue weighted by Crippen LogP contribution is 2.44. The van der Waals surface area contributed by atoms with Gasteiger partial charge in [-0.1, -0.05) is 109 Å². The maximum absolute atomic E-state index is 13.5. The maximum Gasteiger partial charge on any atom is 0.325 e. The molecule has 48 heavy (non-hydrogen) atoms. The van der Waals surface area contributed by atoms with Crippen LogP contribution < -0.4 is 16.4 Å². The fraction of sp³-hybridized carbons (Fsp3) is 0.211. The van der Waals surface area contributed by atoms with E-state index in [-0.39, 0.29) is 31.7 Å². The van der Waals surface area contributed by atoms with Gasteiger partial charge in [0.25, 0.3) is 0 Å². The van der Waals surface area contributed by atoms with Gasteiger partial charge in [-0.3, -0.25) is 19.2 Å². The molecule has 246 valence electrons. The molecule has 0 saturated heterocycles. The number of carboxylic acid groups (broad SMARTS) is 1. The Kier molecular flexibility index (Phi) is 11.4. The molecule has 0 saturated carbocycles. The first-order chi connectivity index (χ1) is 23.2. The Hall–Kier alpha value is -5.19. The number of amides is 2. The van der Waals surface area contributed by atoms with Crippen LogP contribution in [-0.4, -0.2) is 53.2 Å². The van der Waals surface area contributed by atoms with Crippen LogP contribution in [0.15, 0.2) is 108 Å². The highest BCUT2D eigenvalue weighted by molar-refractivity contribution is 7.99. The SMILES string of the molecule is Cc1ccc2c(c1)c(-c1ccccc1)c(SC[C@H](NC(=O)CC[C@H](N)C(=O)O)C(=O)NCC(=O)OCc1ccccc1)c1ccccc12. The van der Waals surface area contributed by atoms with Crippen LogP contribution in [0.2, 0.25) is 0 Å². The van der Waals surface area contributed by atoms with E-state index in [1.165, 1.54) is 11.8 Å². The van der Waals surface area contributed by atoms with E-state index in [9.17, 15) is 19.2 Å². The fourth-order valence-corrected chi connectivity index (χ4v) is 6.69. The van der Waals surface area contributed by atoms with Crippen LogP contribution >= 0.6 is 11.8 Å². The number of ether oxygens (including phenoxy) is 1. The van der Waals surface area contributed by atoms with Crippen LogP contribution in [0.25, 0.3) is 32.7 Å². The minimum Gasteiger partial charge on any atom is -0.480 e. The number of rotatable bonds is 14. The molecule has 0 unspecified atom stereocenters. The van der Waals surface area contributed by atoms with E-state index in [0.29, 0.717) is 0 Å². The van der Waals surface area contributed by atoms with Crippen molar-refractivity contribution >= 4 is 57.1 Å². The molecule has 5 N–H and O–H groups in total. The average Bonchev–Trinajstić information content (AvgIpc) is 3.10. The van der Waals surface area contributed by atoms with Crippen molar-refractivity contribution in [2.45, 2.75) is 43.4 Å². The molecule has 0 bridgehead atoms. The Labute approximate surface area is 282 Å². The van der Waals surface area contributed by atoms with Gasteiger partial charge in [0.05, 0.1) is 0 Å². The van der Waals surface area contributed by atoms with Crippen molar-refractivity contribution in [2.75, 3.05) is 12.3 Å². The molecule has 0 radical (unpaired) electrons. The lowest BCUT2D eigenvalue weighted by molar-refractivity contribution is -0.145. The highest BCUT2D eigenvalue weighted by Gasteiger charge is 2.25. The first kappa shape index (κ1) is 34.2. The standard InChI is InChI=1S/C38H37N3O6S/c1-24-16-17-28-27-14-8-9-15-29(27)36(35(30(28)20-24)26-12-6-3-7-13-26)48-23-32(41-33(42)19-18-31(39)38(45)46)37(44)40-21-34(43)47-22-25-10-4-2-5-11-25/h2-17,20,31-32H,18-19,21-23,39H2,1H3,(H,40,44)(H,41,42)(H,45,46)/t31-,32-/m0/s1. The number of nitrogens with two attached hydrogens (primary N) is 1. The van der Waals surface area contributed by atoms with Crippen LogP contribution in [0.5, 0.6) is 0 Å². The van der Waals surface area contributed by atoms with Gasteiger partial charge >= 0.3 is 11.9 Å². The Balaban J connectivity index is 1.43. The molecule has 0 fully saturated rings. The zero-order valence-corrected chi connectivity index (χ0v) is 27.3. The summed E-state index contributed by atoms with van der Waals surface area (Å²) >= 11 is 1.43. The van der Waals surface area contributed by atoms with Crippen LogP contribution in [0.4, 0.5) is 0 Å². The summed E-state index contributed by atoms with van der Waals surface area (Å²) in [7, 11) is 0. The van der Waals surface area contributed by atoms with E-state index in [1.54, 1.807) is 0 Å². The number of benzene rings is 5. The maximum atomic E-state index is 13.5. The minimum atomic E-state index is -1.21. The molecular weight excluding hydrogens is 627 g/mol. The van der Waals surface area contributed by atoms with Crippen molar-refractivity contribution < 1.29 is 29.0 Å². The lowest BCUT2D eigenvalue weighted by atomic mass is 9.92. The molecule has 9 nitrogen and oxygen atoms in total. The first-order valence-electron chi connectivity index (χ1n) is 15.6. The largest absolute Gasteiger partial charge is 0.480 e. The van der Waals surface area contributed by atoms with Gasteiger partial charge in [-0.25, -0.2) is 0 Å². The second-order valence-electron chi connectivity index (χ2n) is 11.4. The number of thioether (sulfide) groups is 1. The molecule has 0 spiro atoms. The van der Waals surface area contributed by atoms with Crippen LogP contribution in [0.1, 0.15) is 24.0 Å². The Morgan fingerprint density at radius 2 is 1.48 bits per heavy atom. The summed E-state index contributed by atoms with van der Waals surface area (Å²) in [6.45, 7) is 1.72. The van der Waals surface area contributed by atoms with Crippen LogP contribution in [-0.2, 0) is 30.5 Å². The number of fused-ring (bicyclic) bond motifs is 3. The molecule has 0 aliphatic carbocycles. The molecule has 0 aliphatic rings. The summed E-state index contributed by atoms with van der Waals surface area (Å²) in [4.78, 5) is 51.1. The van der Waals surface area contributed by atoms with Crippen LogP contribution in [0, 0.1) is 6.92 Å². The van der Waals surface area contributed by atoms with Crippen molar-refractivity contribution in [1.29, 1.82) is 0 Å². The van der Waals surface area contributed by atoms with Gasteiger partial charge in [-0.05, 0) is 46.0 Å². The first-order valence-corrected chi connectivity index (χ1v) is 16.6. The number of aryl methyl sites for hydroxylation is 1. The molecule has 5 rings (SSSR count). The number of carboxylic acids is 1. The molecule has 0 aromatic heterocycles. The third-order valence-corrected chi connectivity index (χ3v) is 9.10. The molecule has 2 amide bonds. The van der Waals surface area contributed by atoms with Gasteiger partial charge in [-0.2, -0.15) is 0 Å². The number of hydrogen-bond acceptors (Lipinski definition) is 7. The average molecular weight is 664 g/mol. The quantitative estimate of drug-likeness (QED) is 0.0683. The lowest BCUT2D eigenvalue weighted by Gasteiger charge is -2.22. The Morgan fingerprint density at radius 3 is 2.19 bits per heavy atom. The number of carbonyl (C=O) groups is 4. The van der Waals surface area contributed by atoms with E-state index < -0.39 is 35.8 Å². The summed E-state index contributed by atoms with van der Waals surface area (Å²) in [5.41, 5.74) is 9.55. The summed E-state index contributed by atoms with van der Waals surface area (Å²) in [6.07, 6.45) is -0.282. The summed E-state index contributed by atoms with van der Waals surface area (Å²) < 4.78 is 5.30. The molecule has 5 aromatic carbocycles. The third kappa shape index (κ3) is 8.58. The third-order valence-electron chi connectivity index (χ3n) is 7.89. The van der Waals surface area contributed by atoms with Gasteiger partial charge in [0, 0.05) is 22.6 Å². The monoisotopic (exact) mass is 663 g/mol. The summed E-state index contributed by atoms with van der Waals surface area (Å²) in [5, 5.41) is 18.7. The van der Waals surface area contributed by atoms with E-state index in [4.69, 9.17) is 15.6 Å². The zero-order valence-electron chi connectivity index (χ0n) is 26.5. The number of hydrogen-bond donors (Lipinski definition) is 4. The fourth-order valence-electron chi connectivity index (χ4n) is 5.41. The van der Waals surface area contributed by atoms with Crippen molar-refractivity contribution in [3.63, 3.8) is 0 Å². The van der Waals surface area contributed by atoms with Gasteiger partial charge in [0.1, 0.15) is 25.2 Å². The van der Waals surface area contributed by atoms with Gasteiger partial charge in [0.15, 0.2) is 0 Å². The van der Waals surface area contributed by atoms with E-state index in [2.05, 4.69) is 47.0 Å². The molecular formula is C38H37N3O6S. The zero-order chi connectivity index (χ0) is 34.0. The van der Waals surface area contributed by atoms with Crippen molar-refractivity contribution in [1.82, 2.24) is 10.6 Å². The van der Waals surface area contributed by atoms with E-state index >= 15 is 0 Å². The van der Waals surface area contributed by atoms with Crippen LogP contribution in [0.3, 0.4) is 0 Å². The second kappa shape index (κ2) is 16.1. The normalized spacial score (nSPS) is 12.3. The van der Waals surface area contributed by atoms with Crippen molar-refractivity contribution in [3.05, 3.63) is 114 Å². The molecule has 2 atom stereocenters. The summed E-state index contributed by atoms with van der Waals surface area (Å²) in [6, 6.07) is 31.4. The Bertz CT molecular complexity index is 1930. The van der Waals surface area contributed by atoms with Crippen molar-refractivity contribution in [2.24, 2.45) is 5.73 Å². The number of nitrogens with one attached hydrogen (secondary N) is 2. The topological polar surface area (TPSA) is 148 Å². The smallest absolute Gasteiger partial charge is 0.325 e. The number of aliphatic carboxylic acids is 1. The molecule has 0 aliphatic heterocycles. The lowest BCUT2D eigenvalue weighted by Crippen LogP contribution is -2.49. The van der Waals surface area contributed by atoms with Gasteiger partial charge in [0.2, 0.25) is 11.8 Å². The molecule has 10 heteroatoms. The highest BCUT2D eigenvalue weighted by atomic mass is 32.2. The predicted molar refractivity (Wildman–Crippen MR) is 188 cm³/mol. The van der Waals surface area contributed by atoms with E-state index in [0.717, 1.165) is 48.7 Å². The van der Waals surface area contributed by atoms with Gasteiger partial charge < -0.3 is 26.2 Å². The molecule has 0 heterocycles. The molecule has 5 aromatic rings. The second-order valence-corrected chi connectivity index (χ2v) is 12.5. The van der Waals surface area contributed by atoms with Crippen molar-refractivity contribution in [3.8, 4) is 11.1 Å². The predicted octanol–water partition coefficient (Wildman–Crippen LogP) is 5.60. The number of carbonyl (C=O) groups excluding carboxylic acids is 3. The number of esters is 1. The minimum absolute atomic E-state index is 0.0617.